The maximum Gasteiger partial charge on any atom is 0.308 e. The summed E-state index contributed by atoms with van der Waals surface area (Å²) >= 11 is 0. The Labute approximate surface area is 138 Å². The number of guanidine groups is 1. The second-order valence-electron chi connectivity index (χ2n) is 5.99. The molecule has 1 fully saturated rings. The summed E-state index contributed by atoms with van der Waals surface area (Å²) in [6.45, 7) is 8.66. The van der Waals surface area contributed by atoms with Gasteiger partial charge in [0.05, 0.1) is 19.6 Å². The molecule has 2 N–H and O–H groups in total. The second-order valence-corrected chi connectivity index (χ2v) is 5.99. The van der Waals surface area contributed by atoms with Crippen molar-refractivity contribution in [3.63, 3.8) is 0 Å². The van der Waals surface area contributed by atoms with E-state index in [0.717, 1.165) is 38.4 Å². The van der Waals surface area contributed by atoms with E-state index in [1.807, 2.05) is 20.8 Å². The van der Waals surface area contributed by atoms with Crippen LogP contribution in [0.3, 0.4) is 0 Å². The molecule has 0 unspecified atom stereocenters. The summed E-state index contributed by atoms with van der Waals surface area (Å²) in [6, 6.07) is 0.150. The van der Waals surface area contributed by atoms with Gasteiger partial charge in [-0.1, -0.05) is 0 Å². The fourth-order valence-corrected chi connectivity index (χ4v) is 2.58. The number of hydrogen-bond acceptors (Lipinski definition) is 4. The highest BCUT2D eigenvalue weighted by molar-refractivity contribution is 5.81. The zero-order valence-electron chi connectivity index (χ0n) is 14.7. The van der Waals surface area contributed by atoms with E-state index in [2.05, 4.69) is 20.5 Å². The van der Waals surface area contributed by atoms with Crippen molar-refractivity contribution in [1.82, 2.24) is 15.5 Å². The van der Waals surface area contributed by atoms with E-state index in [1.165, 1.54) is 7.11 Å². The monoisotopic (exact) mass is 326 g/mol. The smallest absolute Gasteiger partial charge is 0.308 e. The number of likely N-dealkylation sites (tertiary alicyclic amines) is 1. The van der Waals surface area contributed by atoms with Crippen LogP contribution in [0.5, 0.6) is 0 Å². The number of esters is 1. The van der Waals surface area contributed by atoms with Gasteiger partial charge in [0, 0.05) is 32.1 Å². The van der Waals surface area contributed by atoms with Crippen LogP contribution in [0, 0.1) is 5.92 Å². The predicted octanol–water partition coefficient (Wildman–Crippen LogP) is 0.752. The maximum atomic E-state index is 11.7. The van der Waals surface area contributed by atoms with Gasteiger partial charge in [0.25, 0.3) is 0 Å². The highest BCUT2D eigenvalue weighted by atomic mass is 16.5. The Morgan fingerprint density at radius 3 is 2.48 bits per heavy atom. The van der Waals surface area contributed by atoms with Crippen LogP contribution in [0.1, 0.15) is 40.0 Å². The topological polar surface area (TPSA) is 83.0 Å². The highest BCUT2D eigenvalue weighted by Crippen LogP contribution is 2.18. The minimum atomic E-state index is -0.128. The normalized spacial score (nSPS) is 16.4. The number of nitrogens with zero attached hydrogens (tertiary/aromatic N) is 2. The summed E-state index contributed by atoms with van der Waals surface area (Å²) in [5.41, 5.74) is 0. The minimum Gasteiger partial charge on any atom is -0.469 e. The molecule has 0 saturated carbocycles. The lowest BCUT2D eigenvalue weighted by Crippen LogP contribution is -2.46. The number of nitrogens with one attached hydrogen (secondary N) is 2. The van der Waals surface area contributed by atoms with Gasteiger partial charge in [0.1, 0.15) is 0 Å². The Hall–Kier alpha value is -1.79. The van der Waals surface area contributed by atoms with E-state index in [4.69, 9.17) is 4.74 Å². The third kappa shape index (κ3) is 6.88. The van der Waals surface area contributed by atoms with Gasteiger partial charge in [-0.25, -0.2) is 0 Å². The van der Waals surface area contributed by atoms with E-state index in [1.54, 1.807) is 0 Å². The van der Waals surface area contributed by atoms with Gasteiger partial charge in [-0.2, -0.15) is 0 Å². The number of rotatable bonds is 6. The van der Waals surface area contributed by atoms with Crippen LogP contribution in [0.25, 0.3) is 0 Å². The van der Waals surface area contributed by atoms with Gasteiger partial charge >= 0.3 is 5.97 Å². The number of methoxy groups -OCH3 is 1. The number of carbonyl (C=O) groups is 2. The molecule has 0 radical (unpaired) electrons. The first kappa shape index (κ1) is 19.3. The maximum absolute atomic E-state index is 11.7. The van der Waals surface area contributed by atoms with E-state index < -0.39 is 0 Å². The zero-order chi connectivity index (χ0) is 17.2. The van der Waals surface area contributed by atoms with Crippen LogP contribution in [0.15, 0.2) is 4.99 Å². The lowest BCUT2D eigenvalue weighted by molar-refractivity contribution is -0.146. The van der Waals surface area contributed by atoms with Crippen molar-refractivity contribution in [2.45, 2.75) is 46.1 Å². The quantitative estimate of drug-likeness (QED) is 0.428. The van der Waals surface area contributed by atoms with Crippen LogP contribution in [-0.2, 0) is 14.3 Å². The largest absolute Gasteiger partial charge is 0.469 e. The van der Waals surface area contributed by atoms with Crippen LogP contribution in [-0.4, -0.2) is 62.1 Å². The summed E-state index contributed by atoms with van der Waals surface area (Å²) < 4.78 is 4.81. The Bertz CT molecular complexity index is 416. The molecular weight excluding hydrogens is 296 g/mol. The van der Waals surface area contributed by atoms with Gasteiger partial charge < -0.3 is 20.3 Å². The Balaban J connectivity index is 2.50. The van der Waals surface area contributed by atoms with E-state index >= 15 is 0 Å². The first-order valence-corrected chi connectivity index (χ1v) is 8.38. The van der Waals surface area contributed by atoms with E-state index in [0.29, 0.717) is 13.0 Å². The van der Waals surface area contributed by atoms with Crippen molar-refractivity contribution in [1.29, 1.82) is 0 Å². The summed E-state index contributed by atoms with van der Waals surface area (Å²) in [7, 11) is 1.43. The van der Waals surface area contributed by atoms with Crippen molar-refractivity contribution in [3.05, 3.63) is 0 Å². The number of aliphatic imine (C=N–C) groups is 1. The molecule has 7 nitrogen and oxygen atoms in total. The minimum absolute atomic E-state index is 0.0176. The Morgan fingerprint density at radius 1 is 1.30 bits per heavy atom. The van der Waals surface area contributed by atoms with Crippen LogP contribution >= 0.6 is 0 Å². The van der Waals surface area contributed by atoms with Crippen molar-refractivity contribution >= 4 is 17.8 Å². The molecule has 1 heterocycles. The second kappa shape index (κ2) is 10.1. The molecule has 0 aromatic carbocycles. The van der Waals surface area contributed by atoms with Crippen molar-refractivity contribution in [3.8, 4) is 0 Å². The fourth-order valence-electron chi connectivity index (χ4n) is 2.58. The van der Waals surface area contributed by atoms with Gasteiger partial charge in [-0.3, -0.25) is 14.6 Å². The van der Waals surface area contributed by atoms with Crippen molar-refractivity contribution in [2.75, 3.05) is 33.3 Å². The molecule has 1 saturated heterocycles. The number of hydrogen-bond donors (Lipinski definition) is 2. The van der Waals surface area contributed by atoms with Gasteiger partial charge in [-0.15, -0.1) is 0 Å². The number of piperidine rings is 1. The summed E-state index contributed by atoms with van der Waals surface area (Å²) in [5, 5.41) is 6.11. The molecule has 0 spiro atoms. The molecule has 1 aliphatic heterocycles. The number of ether oxygens (including phenoxy) is 1. The molecule has 0 aliphatic carbocycles. The average Bonchev–Trinajstić information content (AvgIpc) is 2.53. The van der Waals surface area contributed by atoms with Crippen LogP contribution in [0.2, 0.25) is 0 Å². The molecule has 132 valence electrons. The SMILES string of the molecule is CCNC(=NCCC(=O)NC(C)C)N1CCC(C(=O)OC)CC1. The standard InChI is InChI=1S/C16H30N4O3/c1-5-17-16(18-9-6-14(21)19-12(2)3)20-10-7-13(8-11-20)15(22)23-4/h12-13H,5-11H2,1-4H3,(H,17,18)(H,19,21). The summed E-state index contributed by atoms with van der Waals surface area (Å²) in [4.78, 5) is 29.9. The fraction of sp³-hybridized carbons (Fsp3) is 0.812. The molecule has 1 rings (SSSR count). The molecule has 1 aliphatic rings. The van der Waals surface area contributed by atoms with Gasteiger partial charge in [-0.05, 0) is 33.6 Å². The molecule has 0 bridgehead atoms. The average molecular weight is 326 g/mol. The predicted molar refractivity (Wildman–Crippen MR) is 90.2 cm³/mol. The van der Waals surface area contributed by atoms with E-state index in [-0.39, 0.29) is 23.8 Å². The molecule has 1 amide bonds. The Kier molecular flexibility index (Phi) is 8.43. The lowest BCUT2D eigenvalue weighted by atomic mass is 9.97. The third-order valence-corrected chi connectivity index (χ3v) is 3.71. The van der Waals surface area contributed by atoms with Crippen molar-refractivity contribution in [2.24, 2.45) is 10.9 Å². The van der Waals surface area contributed by atoms with Crippen molar-refractivity contribution < 1.29 is 14.3 Å². The lowest BCUT2D eigenvalue weighted by Gasteiger charge is -2.33. The molecule has 23 heavy (non-hydrogen) atoms. The number of amides is 1. The molecule has 0 aromatic rings. The summed E-state index contributed by atoms with van der Waals surface area (Å²) in [6.07, 6.45) is 1.92. The van der Waals surface area contributed by atoms with Crippen LogP contribution < -0.4 is 10.6 Å². The highest BCUT2D eigenvalue weighted by Gasteiger charge is 2.26. The van der Waals surface area contributed by atoms with Gasteiger partial charge in [0.2, 0.25) is 5.91 Å². The molecule has 0 atom stereocenters. The van der Waals surface area contributed by atoms with Gasteiger partial charge in [0.15, 0.2) is 5.96 Å². The molecule has 7 heteroatoms. The van der Waals surface area contributed by atoms with Crippen LogP contribution in [0.4, 0.5) is 0 Å². The molecule has 0 aromatic heterocycles. The first-order chi connectivity index (χ1) is 11.0. The first-order valence-electron chi connectivity index (χ1n) is 8.38. The van der Waals surface area contributed by atoms with E-state index in [9.17, 15) is 9.59 Å². The zero-order valence-corrected chi connectivity index (χ0v) is 14.7. The number of carbonyl (C=O) groups excluding carboxylic acids is 2. The Morgan fingerprint density at radius 2 is 1.96 bits per heavy atom. The summed E-state index contributed by atoms with van der Waals surface area (Å²) in [5.74, 6) is 0.685. The molecular formula is C16H30N4O3. The third-order valence-electron chi connectivity index (χ3n) is 3.71.